The Morgan fingerprint density at radius 2 is 1.60 bits per heavy atom. The molecular weight excluding hydrogens is 218 g/mol. The molecule has 2 radical (unpaired) electrons. The molecule has 0 unspecified atom stereocenters. The minimum atomic E-state index is -3.50. The predicted molar refractivity (Wildman–Crippen MR) is 63.9 cm³/mol. The predicted octanol–water partition coefficient (Wildman–Crippen LogP) is 3.32. The molecule has 1 rings (SSSR count). The van der Waals surface area contributed by atoms with Crippen molar-refractivity contribution in [1.29, 1.82) is 0 Å². The van der Waals surface area contributed by atoms with Crippen LogP contribution in [0.3, 0.4) is 0 Å². The number of carbonyl (C=O) groups excluding carboxylic acids is 1. The van der Waals surface area contributed by atoms with E-state index in [0.717, 1.165) is 0 Å². The zero-order valence-electron chi connectivity index (χ0n) is 10.7. The van der Waals surface area contributed by atoms with Gasteiger partial charge in [-0.25, -0.2) is 0 Å². The van der Waals surface area contributed by atoms with Crippen LogP contribution in [0.25, 0.3) is 0 Å². The van der Waals surface area contributed by atoms with Gasteiger partial charge in [-0.3, -0.25) is 0 Å². The van der Waals surface area contributed by atoms with Gasteiger partial charge in [0.15, 0.2) is 0 Å². The van der Waals surface area contributed by atoms with Gasteiger partial charge in [0.25, 0.3) is 0 Å². The molecule has 3 nitrogen and oxygen atoms in total. The third-order valence-corrected chi connectivity index (χ3v) is 16.2. The van der Waals surface area contributed by atoms with Gasteiger partial charge in [-0.05, 0) is 0 Å². The molecule has 0 atom stereocenters. The molecule has 1 aliphatic heterocycles. The van der Waals surface area contributed by atoms with Gasteiger partial charge in [0.1, 0.15) is 0 Å². The minimum absolute atomic E-state index is 0.0450. The second kappa shape index (κ2) is 3.93. The SMILES string of the molecule is C[C](C)(C)[Ca]1([C](C)(C)C)[O]C=CN[C]1=O. The fraction of sp³-hybridized carbons (Fsp3) is 0.727. The van der Waals surface area contributed by atoms with Crippen LogP contribution in [0.2, 0.25) is 3.02 Å². The Balaban J connectivity index is 3.31. The molecule has 15 heavy (non-hydrogen) atoms. The van der Waals surface area contributed by atoms with Crippen LogP contribution in [0.1, 0.15) is 41.5 Å². The van der Waals surface area contributed by atoms with Crippen LogP contribution in [0, 0.1) is 0 Å². The average Bonchev–Trinajstić information content (AvgIpc) is 2.00. The topological polar surface area (TPSA) is 38.3 Å². The maximum atomic E-state index is 12.2. The first-order valence-corrected chi connectivity index (χ1v) is 9.88. The Labute approximate surface area is 100 Å². The molecule has 0 aromatic rings. The van der Waals surface area contributed by atoms with E-state index in [1.54, 1.807) is 12.5 Å². The first-order valence-electron chi connectivity index (χ1n) is 5.66. The summed E-state index contributed by atoms with van der Waals surface area (Å²) in [4.78, 5) is 12.2. The van der Waals surface area contributed by atoms with Crippen molar-refractivity contribution in [2.24, 2.45) is 0 Å². The summed E-state index contributed by atoms with van der Waals surface area (Å²) in [7, 11) is 0. The molecule has 1 heterocycles. The van der Waals surface area contributed by atoms with Gasteiger partial charge in [0.2, 0.25) is 0 Å². The molecule has 0 bridgehead atoms. The number of amides is 1. The van der Waals surface area contributed by atoms with E-state index in [1.165, 1.54) is 0 Å². The molecule has 1 amide bonds. The number of hydrogen-bond acceptors (Lipinski definition) is 2. The molecule has 0 fully saturated rings. The van der Waals surface area contributed by atoms with Crippen LogP contribution in [-0.2, 0) is 1.44 Å². The zero-order chi connectivity index (χ0) is 11.9. The van der Waals surface area contributed by atoms with Crippen LogP contribution in [0.4, 0.5) is 4.79 Å². The van der Waals surface area contributed by atoms with Crippen molar-refractivity contribution in [3.63, 3.8) is 0 Å². The fourth-order valence-electron chi connectivity index (χ4n) is 3.59. The van der Waals surface area contributed by atoms with Crippen molar-refractivity contribution in [2.45, 2.75) is 44.6 Å². The molecule has 0 saturated carbocycles. The number of nitrogens with one attached hydrogen (secondary N) is 1. The number of hydrogen-bond donors (Lipinski definition) is 1. The molecule has 84 valence electrons. The van der Waals surface area contributed by atoms with Gasteiger partial charge >= 0.3 is 101 Å². The van der Waals surface area contributed by atoms with Crippen molar-refractivity contribution in [2.75, 3.05) is 0 Å². The average molecular weight is 239 g/mol. The molecule has 1 aliphatic rings. The molecule has 4 heteroatoms. The molecule has 0 saturated heterocycles. The van der Waals surface area contributed by atoms with Crippen LogP contribution in [0.5, 0.6) is 0 Å². The van der Waals surface area contributed by atoms with Gasteiger partial charge < -0.3 is 0 Å². The summed E-state index contributed by atoms with van der Waals surface area (Å²) in [5.41, 5.74) is 0. The third-order valence-electron chi connectivity index (χ3n) is 4.10. The standard InChI is InChI=1S/2C4H9.C3H4NO2.Ca/c2*1-4(2)3;5-2-1-4-3-6;/h2*1-3H3;1-2,5H,(H,4,6);/q;;;+1/p-1. The first-order chi connectivity index (χ1) is 6.63. The number of rotatable bonds is 0. The quantitative estimate of drug-likeness (QED) is 0.658. The molecular formula is C11H21CaNO2. The summed E-state index contributed by atoms with van der Waals surface area (Å²) >= 11 is -3.50. The summed E-state index contributed by atoms with van der Waals surface area (Å²) in [5, 5.41) is 2.84. The van der Waals surface area contributed by atoms with E-state index in [-0.39, 0.29) is 5.03 Å². The monoisotopic (exact) mass is 239 g/mol. The van der Waals surface area contributed by atoms with Crippen molar-refractivity contribution in [1.82, 2.24) is 5.32 Å². The van der Waals surface area contributed by atoms with Gasteiger partial charge in [0, 0.05) is 0 Å². The molecule has 0 aliphatic carbocycles. The van der Waals surface area contributed by atoms with Crippen LogP contribution >= 0.6 is 0 Å². The van der Waals surface area contributed by atoms with E-state index < -0.39 is 30.5 Å². The molecule has 1 N–H and O–H groups in total. The zero-order valence-corrected chi connectivity index (χ0v) is 12.9. The Morgan fingerprint density at radius 3 is 1.87 bits per heavy atom. The van der Waals surface area contributed by atoms with Gasteiger partial charge in [0.05, 0.1) is 0 Å². The third kappa shape index (κ3) is 2.06. The summed E-state index contributed by atoms with van der Waals surface area (Å²) in [5.74, 6) is 0. The Morgan fingerprint density at radius 1 is 1.13 bits per heavy atom. The summed E-state index contributed by atoms with van der Waals surface area (Å²) in [6, 6.07) is 0. The van der Waals surface area contributed by atoms with E-state index in [9.17, 15) is 4.79 Å². The van der Waals surface area contributed by atoms with Crippen molar-refractivity contribution < 1.29 is 6.24 Å². The number of carbonyl (C=O) groups is 1. The summed E-state index contributed by atoms with van der Waals surface area (Å²) < 4.78 is 6.00. The molecule has 0 aromatic heterocycles. The summed E-state index contributed by atoms with van der Waals surface area (Å²) in [6.07, 6.45) is 3.26. The normalized spacial score (nSPS) is 20.8. The Bertz CT molecular complexity index is 283. The van der Waals surface area contributed by atoms with E-state index >= 15 is 0 Å². The van der Waals surface area contributed by atoms with Crippen LogP contribution < -0.4 is 5.32 Å². The van der Waals surface area contributed by atoms with Gasteiger partial charge in [-0.15, -0.1) is 0 Å². The maximum absolute atomic E-state index is 12.2. The molecule has 0 aromatic carbocycles. The van der Waals surface area contributed by atoms with Crippen molar-refractivity contribution >= 4 is 32.5 Å². The Kier molecular flexibility index (Phi) is 3.50. The van der Waals surface area contributed by atoms with E-state index in [4.69, 9.17) is 1.44 Å². The van der Waals surface area contributed by atoms with Crippen LogP contribution in [0.15, 0.2) is 12.5 Å². The van der Waals surface area contributed by atoms with E-state index in [0.29, 0.717) is 0 Å². The summed E-state index contributed by atoms with van der Waals surface area (Å²) in [6.45, 7) is 12.7. The van der Waals surface area contributed by atoms with Crippen LogP contribution in [-0.4, -0.2) is 32.5 Å². The van der Waals surface area contributed by atoms with Crippen molar-refractivity contribution in [3.8, 4) is 0 Å². The second-order valence-corrected chi connectivity index (χ2v) is 18.3. The fourth-order valence-corrected chi connectivity index (χ4v) is 14.6. The Hall–Kier alpha value is 0.270. The molecule has 0 spiro atoms. The van der Waals surface area contributed by atoms with Gasteiger partial charge in [-0.1, -0.05) is 0 Å². The van der Waals surface area contributed by atoms with Gasteiger partial charge in [-0.2, -0.15) is 0 Å². The van der Waals surface area contributed by atoms with E-state index in [1.807, 2.05) is 0 Å². The van der Waals surface area contributed by atoms with Crippen molar-refractivity contribution in [3.05, 3.63) is 12.5 Å². The second-order valence-electron chi connectivity index (χ2n) is 7.12. The van der Waals surface area contributed by atoms with E-state index in [2.05, 4.69) is 46.9 Å². The first kappa shape index (κ1) is 13.3.